The van der Waals surface area contributed by atoms with Gasteiger partial charge in [0.25, 0.3) is 0 Å². The van der Waals surface area contributed by atoms with Gasteiger partial charge >= 0.3 is 0 Å². The van der Waals surface area contributed by atoms with Crippen LogP contribution in [-0.2, 0) is 9.59 Å². The van der Waals surface area contributed by atoms with Crippen molar-refractivity contribution < 1.29 is 19.1 Å². The second kappa shape index (κ2) is 7.47. The van der Waals surface area contributed by atoms with Gasteiger partial charge in [-0.2, -0.15) is 0 Å². The lowest BCUT2D eigenvalue weighted by molar-refractivity contribution is -0.117. The Morgan fingerprint density at radius 1 is 0.857 bits per heavy atom. The van der Waals surface area contributed by atoms with Gasteiger partial charge in [0.1, 0.15) is 11.4 Å². The number of para-hydroxylation sites is 1. The highest BCUT2D eigenvalue weighted by Gasteiger charge is 2.43. The Hall–Kier alpha value is -2.53. The van der Waals surface area contributed by atoms with E-state index in [1.807, 2.05) is 32.9 Å². The third-order valence-electron chi connectivity index (χ3n) is 4.92. The predicted octanol–water partition coefficient (Wildman–Crippen LogP) is 0.385. The van der Waals surface area contributed by atoms with E-state index in [2.05, 4.69) is 9.24 Å². The Balaban J connectivity index is 0.000000153. The van der Waals surface area contributed by atoms with Crippen molar-refractivity contribution in [3.05, 3.63) is 41.4 Å². The van der Waals surface area contributed by atoms with Crippen LogP contribution in [0.1, 0.15) is 0 Å². The lowest BCUT2D eigenvalue weighted by atomic mass is 10.0. The van der Waals surface area contributed by atoms with E-state index < -0.39 is 0 Å². The van der Waals surface area contributed by atoms with Crippen molar-refractivity contribution in [3.8, 4) is 11.5 Å². The zero-order chi connectivity index (χ0) is 19.8. The fourth-order valence-corrected chi connectivity index (χ4v) is 3.56. The lowest BCUT2D eigenvalue weighted by Crippen LogP contribution is -2.29. The van der Waals surface area contributed by atoms with Gasteiger partial charge in [-0.25, -0.2) is 0 Å². The normalized spacial score (nSPS) is 19.8. The zero-order valence-corrected chi connectivity index (χ0v) is 17.3. The van der Waals surface area contributed by atoms with Crippen LogP contribution in [0.25, 0.3) is 0 Å². The molecule has 0 radical (unpaired) electrons. The lowest BCUT2D eigenvalue weighted by Gasteiger charge is -2.21. The largest absolute Gasteiger partial charge is 0.493 e. The molecule has 3 aliphatic heterocycles. The van der Waals surface area contributed by atoms with Crippen molar-refractivity contribution in [1.82, 2.24) is 14.7 Å². The van der Waals surface area contributed by atoms with E-state index in [9.17, 15) is 9.59 Å². The monoisotopic (exact) mass is 401 g/mol. The summed E-state index contributed by atoms with van der Waals surface area (Å²) < 4.78 is 10.2. The Labute approximate surface area is 166 Å². The van der Waals surface area contributed by atoms with E-state index in [1.165, 1.54) is 6.08 Å². The number of rotatable bonds is 5. The van der Waals surface area contributed by atoms with Gasteiger partial charge in [-0.1, -0.05) is 12.1 Å². The van der Waals surface area contributed by atoms with Crippen molar-refractivity contribution >= 4 is 26.1 Å². The maximum Gasteiger partial charge on any atom is 0.227 e. The average molecular weight is 401 g/mol. The number of carbonyl (C=O) groups excluding carboxylic acids is 2. The highest BCUT2D eigenvalue weighted by atomic mass is 31.0. The minimum Gasteiger partial charge on any atom is -0.493 e. The molecular formula is C20H24N3O4P. The molecule has 28 heavy (non-hydrogen) atoms. The molecule has 8 heteroatoms. The molecule has 148 valence electrons. The number of benzene rings is 1. The van der Waals surface area contributed by atoms with Gasteiger partial charge in [-0.15, -0.1) is 9.24 Å². The van der Waals surface area contributed by atoms with Crippen LogP contribution in [0.2, 0.25) is 0 Å². The summed E-state index contributed by atoms with van der Waals surface area (Å²) in [5, 5.41) is 1.01. The molecule has 3 heterocycles. The first kappa shape index (κ1) is 18.8. The Kier molecular flexibility index (Phi) is 5.02. The standard InChI is InChI=1S/C12H13N3O2.C8H11O2P/c16-9-7-8(13-1-2-13)12(17)11(15-5-6-15)10(9)14-3-4-14;1-9-6-4-3-5-7(11)8(6)10-2/h7H,1-6H2;3-5H,11H2,1-2H3. The molecule has 5 rings (SSSR count). The number of nitrogens with zero attached hydrogens (tertiary/aromatic N) is 3. The van der Waals surface area contributed by atoms with Crippen molar-refractivity contribution in [2.45, 2.75) is 0 Å². The number of hydrogen-bond donors (Lipinski definition) is 0. The third kappa shape index (κ3) is 3.72. The second-order valence-corrected chi connectivity index (χ2v) is 7.59. The van der Waals surface area contributed by atoms with Crippen LogP contribution in [0.5, 0.6) is 11.5 Å². The molecule has 3 saturated heterocycles. The van der Waals surface area contributed by atoms with E-state index in [0.29, 0.717) is 17.1 Å². The molecule has 1 aromatic rings. The van der Waals surface area contributed by atoms with Gasteiger partial charge in [-0.3, -0.25) is 9.59 Å². The third-order valence-corrected chi connectivity index (χ3v) is 5.38. The number of ketones is 2. The van der Waals surface area contributed by atoms with Gasteiger partial charge in [0.2, 0.25) is 11.6 Å². The molecule has 0 amide bonds. The van der Waals surface area contributed by atoms with Crippen LogP contribution in [0, 0.1) is 0 Å². The van der Waals surface area contributed by atoms with Crippen LogP contribution in [0.15, 0.2) is 41.4 Å². The van der Waals surface area contributed by atoms with Gasteiger partial charge < -0.3 is 24.2 Å². The molecule has 1 unspecified atom stereocenters. The number of methoxy groups -OCH3 is 2. The Bertz CT molecular complexity index is 883. The summed E-state index contributed by atoms with van der Waals surface area (Å²) in [5.41, 5.74) is 1.89. The smallest absolute Gasteiger partial charge is 0.227 e. The molecule has 0 N–H and O–H groups in total. The maximum atomic E-state index is 12.4. The summed E-state index contributed by atoms with van der Waals surface area (Å²) in [4.78, 5) is 30.5. The minimum absolute atomic E-state index is 0.00546. The number of hydrogen-bond acceptors (Lipinski definition) is 7. The van der Waals surface area contributed by atoms with Gasteiger partial charge in [-0.05, 0) is 6.07 Å². The fourth-order valence-electron chi connectivity index (χ4n) is 3.19. The quantitative estimate of drug-likeness (QED) is 0.402. The predicted molar refractivity (Wildman–Crippen MR) is 109 cm³/mol. The van der Waals surface area contributed by atoms with E-state index >= 15 is 0 Å². The molecular weight excluding hydrogens is 377 g/mol. The van der Waals surface area contributed by atoms with E-state index in [0.717, 1.165) is 56.1 Å². The highest BCUT2D eigenvalue weighted by Crippen LogP contribution is 2.34. The Morgan fingerprint density at radius 3 is 1.96 bits per heavy atom. The molecule has 4 aliphatic rings. The first-order chi connectivity index (χ1) is 13.5. The number of Topliss-reactive ketones (excluding diaryl/α,β-unsaturated/α-hetero) is 1. The van der Waals surface area contributed by atoms with Crippen LogP contribution >= 0.6 is 9.24 Å². The molecule has 0 aromatic heterocycles. The average Bonchev–Trinajstić information content (AvgIpc) is 3.55. The maximum absolute atomic E-state index is 12.4. The van der Waals surface area contributed by atoms with Crippen LogP contribution in [-0.4, -0.2) is 79.8 Å². The molecule has 0 spiro atoms. The van der Waals surface area contributed by atoms with Crippen LogP contribution < -0.4 is 14.8 Å². The Morgan fingerprint density at radius 2 is 1.46 bits per heavy atom. The second-order valence-electron chi connectivity index (χ2n) is 6.96. The van der Waals surface area contributed by atoms with Gasteiger partial charge in [0, 0.05) is 50.6 Å². The minimum atomic E-state index is 0.00546. The van der Waals surface area contributed by atoms with E-state index in [4.69, 9.17) is 9.47 Å². The molecule has 0 bridgehead atoms. The van der Waals surface area contributed by atoms with Crippen molar-refractivity contribution in [3.63, 3.8) is 0 Å². The molecule has 0 saturated carbocycles. The number of allylic oxidation sites excluding steroid dienone is 1. The summed E-state index contributed by atoms with van der Waals surface area (Å²) >= 11 is 0. The van der Waals surface area contributed by atoms with E-state index in [1.54, 1.807) is 14.2 Å². The van der Waals surface area contributed by atoms with Crippen LogP contribution in [0.4, 0.5) is 0 Å². The summed E-state index contributed by atoms with van der Waals surface area (Å²) in [6, 6.07) is 5.74. The summed E-state index contributed by atoms with van der Waals surface area (Å²) in [6.45, 7) is 5.41. The zero-order valence-electron chi connectivity index (χ0n) is 16.1. The molecule has 1 aromatic carbocycles. The first-order valence-electron chi connectivity index (χ1n) is 9.31. The topological polar surface area (TPSA) is 61.6 Å². The SMILES string of the molecule is COc1cccc(P)c1OC.O=C1C=C(N2CC2)C(=O)C(N2CC2)=C1N1CC1. The number of ether oxygens (including phenoxy) is 2. The molecule has 3 fully saturated rings. The van der Waals surface area contributed by atoms with Gasteiger partial charge in [0.05, 0.1) is 19.9 Å². The summed E-state index contributed by atoms with van der Waals surface area (Å²) in [6.07, 6.45) is 1.52. The van der Waals surface area contributed by atoms with Crippen molar-refractivity contribution in [2.75, 3.05) is 53.5 Å². The summed E-state index contributed by atoms with van der Waals surface area (Å²) in [7, 11) is 5.85. The fraction of sp³-hybridized carbons (Fsp3) is 0.400. The number of carbonyl (C=O) groups is 2. The van der Waals surface area contributed by atoms with Crippen LogP contribution in [0.3, 0.4) is 0 Å². The van der Waals surface area contributed by atoms with Gasteiger partial charge in [0.15, 0.2) is 11.5 Å². The molecule has 1 aliphatic carbocycles. The van der Waals surface area contributed by atoms with E-state index in [-0.39, 0.29) is 11.6 Å². The van der Waals surface area contributed by atoms with Crippen molar-refractivity contribution in [2.24, 2.45) is 0 Å². The highest BCUT2D eigenvalue weighted by molar-refractivity contribution is 7.27. The molecule has 1 atom stereocenters. The summed E-state index contributed by atoms with van der Waals surface area (Å²) in [5.74, 6) is 1.59. The molecule has 7 nitrogen and oxygen atoms in total. The first-order valence-corrected chi connectivity index (χ1v) is 9.89. The van der Waals surface area contributed by atoms with Crippen molar-refractivity contribution in [1.29, 1.82) is 0 Å².